The van der Waals surface area contributed by atoms with E-state index in [0.717, 1.165) is 32.1 Å². The Balaban J connectivity index is 1.67. The summed E-state index contributed by atoms with van der Waals surface area (Å²) in [6, 6.07) is 13.7. The highest BCUT2D eigenvalue weighted by molar-refractivity contribution is 7.87. The molecular formula is C23H34N4O3S. The van der Waals surface area contributed by atoms with E-state index < -0.39 is 10.2 Å². The number of nitrogens with one attached hydrogen (secondary N) is 2. The maximum absolute atomic E-state index is 13.0. The van der Waals surface area contributed by atoms with Crippen LogP contribution in [0.25, 0.3) is 0 Å². The highest BCUT2D eigenvalue weighted by Crippen LogP contribution is 2.28. The first kappa shape index (κ1) is 23.5. The van der Waals surface area contributed by atoms with Gasteiger partial charge in [-0.1, -0.05) is 43.2 Å². The number of amides is 1. The normalized spacial score (nSPS) is 17.0. The molecule has 0 aliphatic heterocycles. The van der Waals surface area contributed by atoms with Gasteiger partial charge in [0.15, 0.2) is 0 Å². The second-order valence-corrected chi connectivity index (χ2v) is 10.5. The van der Waals surface area contributed by atoms with Crippen molar-refractivity contribution in [3.8, 4) is 0 Å². The fourth-order valence-corrected chi connectivity index (χ4v) is 5.15. The van der Waals surface area contributed by atoms with Crippen LogP contribution >= 0.6 is 0 Å². The van der Waals surface area contributed by atoms with Gasteiger partial charge in [-0.05, 0) is 49.8 Å². The third-order valence-electron chi connectivity index (χ3n) is 6.09. The molecule has 1 aliphatic rings. The van der Waals surface area contributed by atoms with Crippen molar-refractivity contribution in [3.63, 3.8) is 0 Å². The molecule has 1 fully saturated rings. The van der Waals surface area contributed by atoms with Crippen LogP contribution in [-0.2, 0) is 16.6 Å². The molecule has 2 unspecified atom stereocenters. The van der Waals surface area contributed by atoms with E-state index in [1.165, 1.54) is 24.0 Å². The van der Waals surface area contributed by atoms with Crippen LogP contribution < -0.4 is 10.0 Å². The van der Waals surface area contributed by atoms with Crippen molar-refractivity contribution in [2.45, 2.75) is 51.1 Å². The summed E-state index contributed by atoms with van der Waals surface area (Å²) in [6.07, 6.45) is 6.88. The molecule has 8 heteroatoms. The molecule has 3 rings (SSSR count). The van der Waals surface area contributed by atoms with Crippen LogP contribution in [0.15, 0.2) is 48.7 Å². The zero-order valence-electron chi connectivity index (χ0n) is 18.6. The molecule has 170 valence electrons. The van der Waals surface area contributed by atoms with Gasteiger partial charge in [0, 0.05) is 38.9 Å². The fourth-order valence-electron chi connectivity index (χ4n) is 4.28. The van der Waals surface area contributed by atoms with Crippen molar-refractivity contribution in [2.24, 2.45) is 5.92 Å². The molecule has 0 radical (unpaired) electrons. The SMILES string of the molecule is CC(Cc1ccccc1)n1cccc1C(=O)NCC(NS(=O)(=O)N(C)C)C1CCCC1. The first-order valence-electron chi connectivity index (χ1n) is 11.0. The second kappa shape index (κ2) is 10.4. The third-order valence-corrected chi connectivity index (χ3v) is 7.65. The summed E-state index contributed by atoms with van der Waals surface area (Å²) in [5.41, 5.74) is 1.80. The molecule has 7 nitrogen and oxygen atoms in total. The number of aromatic nitrogens is 1. The Morgan fingerprint density at radius 1 is 1.13 bits per heavy atom. The number of carbonyl (C=O) groups is 1. The molecule has 2 aromatic rings. The predicted molar refractivity (Wildman–Crippen MR) is 123 cm³/mol. The molecule has 31 heavy (non-hydrogen) atoms. The predicted octanol–water partition coefficient (Wildman–Crippen LogP) is 2.98. The summed E-state index contributed by atoms with van der Waals surface area (Å²) in [5.74, 6) is 0.0516. The van der Waals surface area contributed by atoms with Crippen LogP contribution in [0.2, 0.25) is 0 Å². The lowest BCUT2D eigenvalue weighted by Crippen LogP contribution is -2.50. The van der Waals surface area contributed by atoms with Crippen molar-refractivity contribution in [3.05, 3.63) is 59.9 Å². The first-order chi connectivity index (χ1) is 14.8. The smallest absolute Gasteiger partial charge is 0.279 e. The van der Waals surface area contributed by atoms with Crippen molar-refractivity contribution in [1.82, 2.24) is 18.9 Å². The van der Waals surface area contributed by atoms with Gasteiger partial charge in [0.05, 0.1) is 0 Å². The first-order valence-corrected chi connectivity index (χ1v) is 12.4. The maximum Gasteiger partial charge on any atom is 0.279 e. The van der Waals surface area contributed by atoms with E-state index in [1.807, 2.05) is 41.1 Å². The van der Waals surface area contributed by atoms with E-state index in [4.69, 9.17) is 0 Å². The van der Waals surface area contributed by atoms with Crippen LogP contribution in [0.1, 0.15) is 54.7 Å². The highest BCUT2D eigenvalue weighted by Gasteiger charge is 2.30. The maximum atomic E-state index is 13.0. The lowest BCUT2D eigenvalue weighted by atomic mass is 9.99. The van der Waals surface area contributed by atoms with Crippen LogP contribution in [0.4, 0.5) is 0 Å². The highest BCUT2D eigenvalue weighted by atomic mass is 32.2. The van der Waals surface area contributed by atoms with Crippen molar-refractivity contribution in [2.75, 3.05) is 20.6 Å². The molecule has 1 aromatic carbocycles. The van der Waals surface area contributed by atoms with Gasteiger partial charge in [-0.15, -0.1) is 0 Å². The minimum Gasteiger partial charge on any atom is -0.349 e. The van der Waals surface area contributed by atoms with Crippen LogP contribution in [0.5, 0.6) is 0 Å². The van der Waals surface area contributed by atoms with Gasteiger partial charge in [0.25, 0.3) is 16.1 Å². The number of rotatable bonds is 10. The van der Waals surface area contributed by atoms with Gasteiger partial charge >= 0.3 is 0 Å². The Hall–Kier alpha value is -2.16. The molecule has 0 bridgehead atoms. The molecule has 2 N–H and O–H groups in total. The van der Waals surface area contributed by atoms with Crippen molar-refractivity contribution >= 4 is 16.1 Å². The standard InChI is InChI=1S/C23H34N4O3S/c1-18(16-19-10-5-4-6-11-19)27-15-9-14-22(27)23(28)24-17-21(20-12-7-8-13-20)25-31(29,30)26(2)3/h4-6,9-11,14-15,18,20-21,25H,7-8,12-13,16-17H2,1-3H3,(H,24,28). The number of hydrogen-bond acceptors (Lipinski definition) is 3. The monoisotopic (exact) mass is 446 g/mol. The van der Waals surface area contributed by atoms with Gasteiger partial charge < -0.3 is 9.88 Å². The Kier molecular flexibility index (Phi) is 7.91. The molecule has 1 amide bonds. The minimum atomic E-state index is -3.57. The average molecular weight is 447 g/mol. The molecule has 2 atom stereocenters. The van der Waals surface area contributed by atoms with Crippen molar-refractivity contribution in [1.29, 1.82) is 0 Å². The quantitative estimate of drug-likeness (QED) is 0.589. The number of benzene rings is 1. The van der Waals surface area contributed by atoms with E-state index in [0.29, 0.717) is 5.69 Å². The van der Waals surface area contributed by atoms with Gasteiger partial charge in [0.2, 0.25) is 0 Å². The second-order valence-electron chi connectivity index (χ2n) is 8.61. The Morgan fingerprint density at radius 2 is 1.81 bits per heavy atom. The van der Waals surface area contributed by atoms with E-state index in [2.05, 4.69) is 29.1 Å². The van der Waals surface area contributed by atoms with E-state index in [9.17, 15) is 13.2 Å². The van der Waals surface area contributed by atoms with Crippen LogP contribution in [0, 0.1) is 5.92 Å². The summed E-state index contributed by atoms with van der Waals surface area (Å²) in [7, 11) is -0.551. The lowest BCUT2D eigenvalue weighted by molar-refractivity contribution is 0.0936. The largest absolute Gasteiger partial charge is 0.349 e. The van der Waals surface area contributed by atoms with Crippen LogP contribution in [0.3, 0.4) is 0 Å². The summed E-state index contributed by atoms with van der Waals surface area (Å²) >= 11 is 0. The Bertz CT molecular complexity index is 950. The Labute approximate surface area is 186 Å². The summed E-state index contributed by atoms with van der Waals surface area (Å²) in [4.78, 5) is 13.0. The van der Waals surface area contributed by atoms with Gasteiger partial charge in [0.1, 0.15) is 5.69 Å². The van der Waals surface area contributed by atoms with Gasteiger partial charge in [-0.25, -0.2) is 0 Å². The molecule has 0 spiro atoms. The average Bonchev–Trinajstić information content (AvgIpc) is 3.43. The molecular weight excluding hydrogens is 412 g/mol. The van der Waals surface area contributed by atoms with Gasteiger partial charge in [-0.2, -0.15) is 17.4 Å². The zero-order chi connectivity index (χ0) is 22.4. The number of carbonyl (C=O) groups excluding carboxylic acids is 1. The molecule has 1 saturated carbocycles. The number of hydrogen-bond donors (Lipinski definition) is 2. The lowest BCUT2D eigenvalue weighted by Gasteiger charge is -2.26. The minimum absolute atomic E-state index is 0.121. The third kappa shape index (κ3) is 6.18. The van der Waals surface area contributed by atoms with E-state index in [1.54, 1.807) is 0 Å². The summed E-state index contributed by atoms with van der Waals surface area (Å²) in [5, 5.41) is 2.98. The Morgan fingerprint density at radius 3 is 2.45 bits per heavy atom. The summed E-state index contributed by atoms with van der Waals surface area (Å²) < 4.78 is 30.7. The van der Waals surface area contributed by atoms with E-state index in [-0.39, 0.29) is 30.5 Å². The summed E-state index contributed by atoms with van der Waals surface area (Å²) in [6.45, 7) is 2.37. The molecule has 0 saturated heterocycles. The molecule has 1 heterocycles. The molecule has 1 aromatic heterocycles. The fraction of sp³-hybridized carbons (Fsp3) is 0.522. The zero-order valence-corrected chi connectivity index (χ0v) is 19.4. The topological polar surface area (TPSA) is 83.4 Å². The molecule has 1 aliphatic carbocycles. The van der Waals surface area contributed by atoms with Crippen molar-refractivity contribution < 1.29 is 13.2 Å². The van der Waals surface area contributed by atoms with Crippen LogP contribution in [-0.4, -0.2) is 49.9 Å². The van der Waals surface area contributed by atoms with Gasteiger partial charge in [-0.3, -0.25) is 4.79 Å². The number of nitrogens with zero attached hydrogens (tertiary/aromatic N) is 2. The van der Waals surface area contributed by atoms with E-state index >= 15 is 0 Å².